The maximum Gasteiger partial charge on any atom is 0.303 e. The molecule has 3 nitrogen and oxygen atoms in total. The number of carboxylic acid groups (broad SMARTS) is 1. The summed E-state index contributed by atoms with van der Waals surface area (Å²) in [4.78, 5) is 10.2. The molecule has 76 valence electrons. The summed E-state index contributed by atoms with van der Waals surface area (Å²) in [5, 5.41) is 8.40. The van der Waals surface area contributed by atoms with Gasteiger partial charge in [0, 0.05) is 6.42 Å². The van der Waals surface area contributed by atoms with Gasteiger partial charge in [0.1, 0.15) is 0 Å². The van der Waals surface area contributed by atoms with Crippen LogP contribution in [0.25, 0.3) is 0 Å². The maximum absolute atomic E-state index is 10.2. The third-order valence-electron chi connectivity index (χ3n) is 2.54. The Balaban J connectivity index is 1.85. The molecule has 1 aliphatic rings. The second-order valence-corrected chi connectivity index (χ2v) is 3.84. The molecule has 0 saturated carbocycles. The average Bonchev–Trinajstić information content (AvgIpc) is 2.85. The van der Waals surface area contributed by atoms with Crippen molar-refractivity contribution in [2.24, 2.45) is 5.92 Å². The molecule has 0 aromatic heterocycles. The van der Waals surface area contributed by atoms with Gasteiger partial charge in [-0.05, 0) is 18.8 Å². The van der Waals surface area contributed by atoms with E-state index in [-0.39, 0.29) is 0 Å². The van der Waals surface area contributed by atoms with Crippen LogP contribution >= 0.6 is 0 Å². The molecule has 0 aliphatic carbocycles. The predicted octanol–water partition coefficient (Wildman–Crippen LogP) is 2.06. The van der Waals surface area contributed by atoms with Gasteiger partial charge in [0.25, 0.3) is 0 Å². The lowest BCUT2D eigenvalue weighted by molar-refractivity contribution is -0.137. The highest BCUT2D eigenvalue weighted by Crippen LogP contribution is 2.24. The van der Waals surface area contributed by atoms with E-state index in [1.807, 2.05) is 0 Å². The minimum atomic E-state index is -0.682. The third-order valence-corrected chi connectivity index (χ3v) is 2.54. The molecule has 0 aromatic rings. The van der Waals surface area contributed by atoms with Crippen molar-refractivity contribution in [2.75, 3.05) is 6.61 Å². The Bertz CT molecular complexity index is 164. The number of hydrogen-bond donors (Lipinski definition) is 1. The van der Waals surface area contributed by atoms with Crippen LogP contribution in [-0.4, -0.2) is 23.8 Å². The van der Waals surface area contributed by atoms with Gasteiger partial charge in [0.05, 0.1) is 12.7 Å². The summed E-state index contributed by atoms with van der Waals surface area (Å²) in [6.45, 7) is 3.13. The van der Waals surface area contributed by atoms with Crippen LogP contribution in [0.2, 0.25) is 0 Å². The summed E-state index contributed by atoms with van der Waals surface area (Å²) in [7, 11) is 0. The van der Waals surface area contributed by atoms with Crippen LogP contribution in [0, 0.1) is 5.92 Å². The number of aliphatic carboxylic acids is 1. The molecule has 1 N–H and O–H groups in total. The number of ether oxygens (including phenoxy) is 1. The van der Waals surface area contributed by atoms with Crippen molar-refractivity contribution in [3.8, 4) is 0 Å². The van der Waals surface area contributed by atoms with E-state index in [0.29, 0.717) is 18.4 Å². The van der Waals surface area contributed by atoms with Gasteiger partial charge in [-0.2, -0.15) is 0 Å². The number of unbranched alkanes of at least 4 members (excludes halogenated alkanes) is 2. The zero-order chi connectivity index (χ0) is 9.68. The van der Waals surface area contributed by atoms with Crippen molar-refractivity contribution in [2.45, 2.75) is 45.1 Å². The Morgan fingerprint density at radius 1 is 1.54 bits per heavy atom. The van der Waals surface area contributed by atoms with Crippen molar-refractivity contribution in [3.63, 3.8) is 0 Å². The van der Waals surface area contributed by atoms with E-state index >= 15 is 0 Å². The first-order valence-electron chi connectivity index (χ1n) is 5.03. The Morgan fingerprint density at radius 3 is 2.77 bits per heavy atom. The highest BCUT2D eigenvalue weighted by atomic mass is 16.6. The summed E-state index contributed by atoms with van der Waals surface area (Å²) in [5.74, 6) is -0.0246. The molecule has 2 unspecified atom stereocenters. The Labute approximate surface area is 79.1 Å². The Hall–Kier alpha value is -0.570. The summed E-state index contributed by atoms with van der Waals surface area (Å²) >= 11 is 0. The zero-order valence-electron chi connectivity index (χ0n) is 8.16. The molecule has 0 radical (unpaired) electrons. The first kappa shape index (κ1) is 10.5. The minimum absolute atomic E-state index is 0.314. The van der Waals surface area contributed by atoms with Crippen molar-refractivity contribution < 1.29 is 14.6 Å². The fourth-order valence-electron chi connectivity index (χ4n) is 1.49. The number of hydrogen-bond acceptors (Lipinski definition) is 2. The Kier molecular flexibility index (Phi) is 4.22. The van der Waals surface area contributed by atoms with Gasteiger partial charge in [-0.15, -0.1) is 0 Å². The second-order valence-electron chi connectivity index (χ2n) is 3.84. The van der Waals surface area contributed by atoms with E-state index in [1.165, 1.54) is 6.42 Å². The van der Waals surface area contributed by atoms with Crippen LogP contribution in [0.1, 0.15) is 39.0 Å². The molecule has 3 heteroatoms. The second kappa shape index (κ2) is 5.22. The molecule has 0 bridgehead atoms. The lowest BCUT2D eigenvalue weighted by Gasteiger charge is -2.06. The molecule has 0 spiro atoms. The van der Waals surface area contributed by atoms with Crippen LogP contribution in [-0.2, 0) is 9.53 Å². The molecule has 2 atom stereocenters. The van der Waals surface area contributed by atoms with Crippen LogP contribution in [0.15, 0.2) is 0 Å². The predicted molar refractivity (Wildman–Crippen MR) is 49.6 cm³/mol. The normalized spacial score (nSPS) is 22.7. The van der Waals surface area contributed by atoms with Crippen LogP contribution in [0.4, 0.5) is 0 Å². The smallest absolute Gasteiger partial charge is 0.303 e. The van der Waals surface area contributed by atoms with E-state index < -0.39 is 5.97 Å². The molecule has 1 heterocycles. The quantitative estimate of drug-likeness (QED) is 0.489. The van der Waals surface area contributed by atoms with Gasteiger partial charge in [0.15, 0.2) is 0 Å². The lowest BCUT2D eigenvalue weighted by atomic mass is 10.00. The van der Waals surface area contributed by atoms with E-state index in [9.17, 15) is 4.79 Å². The lowest BCUT2D eigenvalue weighted by Crippen LogP contribution is -2.03. The summed E-state index contributed by atoms with van der Waals surface area (Å²) in [6, 6.07) is 0. The third kappa shape index (κ3) is 4.88. The van der Waals surface area contributed by atoms with E-state index in [4.69, 9.17) is 9.84 Å². The first-order valence-corrected chi connectivity index (χ1v) is 5.03. The molecule has 1 fully saturated rings. The zero-order valence-corrected chi connectivity index (χ0v) is 8.16. The SMILES string of the molecule is CC(CCCCCC(=O)O)C1CO1. The van der Waals surface area contributed by atoms with Gasteiger partial charge in [-0.3, -0.25) is 4.79 Å². The first-order chi connectivity index (χ1) is 6.20. The maximum atomic E-state index is 10.2. The number of rotatable bonds is 7. The molecule has 0 amide bonds. The molecular formula is C10H18O3. The van der Waals surface area contributed by atoms with Crippen molar-refractivity contribution in [1.82, 2.24) is 0 Å². The molecule has 13 heavy (non-hydrogen) atoms. The van der Waals surface area contributed by atoms with Crippen molar-refractivity contribution in [3.05, 3.63) is 0 Å². The molecule has 1 saturated heterocycles. The molecule has 1 aliphatic heterocycles. The van der Waals surface area contributed by atoms with E-state index in [0.717, 1.165) is 25.9 Å². The van der Waals surface area contributed by atoms with Gasteiger partial charge in [0.2, 0.25) is 0 Å². The summed E-state index contributed by atoms with van der Waals surface area (Å²) in [5.41, 5.74) is 0. The van der Waals surface area contributed by atoms with Gasteiger partial charge in [-0.25, -0.2) is 0 Å². The van der Waals surface area contributed by atoms with Gasteiger partial charge >= 0.3 is 5.97 Å². The standard InChI is InChI=1S/C10H18O3/c1-8(9-7-13-9)5-3-2-4-6-10(11)12/h8-9H,2-7H2,1H3,(H,11,12). The van der Waals surface area contributed by atoms with E-state index in [2.05, 4.69) is 6.92 Å². The Morgan fingerprint density at radius 2 is 2.23 bits per heavy atom. The summed E-state index contributed by atoms with van der Waals surface area (Å²) in [6.07, 6.45) is 4.96. The number of carboxylic acids is 1. The fraction of sp³-hybridized carbons (Fsp3) is 0.900. The highest BCUT2D eigenvalue weighted by Gasteiger charge is 2.28. The van der Waals surface area contributed by atoms with E-state index in [1.54, 1.807) is 0 Å². The van der Waals surface area contributed by atoms with Gasteiger partial charge in [-0.1, -0.05) is 19.8 Å². The highest BCUT2D eigenvalue weighted by molar-refractivity contribution is 5.66. The minimum Gasteiger partial charge on any atom is -0.481 e. The monoisotopic (exact) mass is 186 g/mol. The van der Waals surface area contributed by atoms with Crippen LogP contribution in [0.3, 0.4) is 0 Å². The van der Waals surface area contributed by atoms with Gasteiger partial charge < -0.3 is 9.84 Å². The summed E-state index contributed by atoms with van der Waals surface area (Å²) < 4.78 is 5.17. The molecular weight excluding hydrogens is 168 g/mol. The van der Waals surface area contributed by atoms with Crippen molar-refractivity contribution >= 4 is 5.97 Å². The average molecular weight is 186 g/mol. The van der Waals surface area contributed by atoms with Crippen LogP contribution < -0.4 is 0 Å². The fourth-order valence-corrected chi connectivity index (χ4v) is 1.49. The molecule has 1 rings (SSSR count). The van der Waals surface area contributed by atoms with Crippen molar-refractivity contribution in [1.29, 1.82) is 0 Å². The number of epoxide rings is 1. The number of carbonyl (C=O) groups is 1. The molecule has 0 aromatic carbocycles. The largest absolute Gasteiger partial charge is 0.481 e. The van der Waals surface area contributed by atoms with Crippen LogP contribution in [0.5, 0.6) is 0 Å². The topological polar surface area (TPSA) is 49.8 Å².